The highest BCUT2D eigenvalue weighted by Crippen LogP contribution is 2.24. The Bertz CT molecular complexity index is 609. The van der Waals surface area contributed by atoms with E-state index in [2.05, 4.69) is 30.2 Å². The van der Waals surface area contributed by atoms with Crippen LogP contribution in [0.4, 0.5) is 0 Å². The maximum atomic E-state index is 12.0. The van der Waals surface area contributed by atoms with E-state index in [-0.39, 0.29) is 5.91 Å². The molecule has 0 atom stereocenters. The number of aromatic nitrogens is 1. The SMILES string of the molecule is COc1ccc(C(C)C)cc1CNC(=O)c1ccccn1. The molecule has 1 amide bonds. The van der Waals surface area contributed by atoms with Crippen molar-refractivity contribution in [3.8, 4) is 5.75 Å². The fourth-order valence-electron chi connectivity index (χ4n) is 2.06. The van der Waals surface area contributed by atoms with Crippen molar-refractivity contribution in [3.63, 3.8) is 0 Å². The molecule has 21 heavy (non-hydrogen) atoms. The van der Waals surface area contributed by atoms with E-state index in [1.165, 1.54) is 5.56 Å². The van der Waals surface area contributed by atoms with E-state index < -0.39 is 0 Å². The van der Waals surface area contributed by atoms with Gasteiger partial charge in [0.05, 0.1) is 7.11 Å². The predicted molar refractivity (Wildman–Crippen MR) is 82.5 cm³/mol. The second kappa shape index (κ2) is 6.88. The number of methoxy groups -OCH3 is 1. The maximum Gasteiger partial charge on any atom is 0.270 e. The van der Waals surface area contributed by atoms with Gasteiger partial charge in [-0.1, -0.05) is 32.0 Å². The second-order valence-corrected chi connectivity index (χ2v) is 5.12. The molecule has 2 rings (SSSR count). The summed E-state index contributed by atoms with van der Waals surface area (Å²) >= 11 is 0. The van der Waals surface area contributed by atoms with E-state index in [1.54, 1.807) is 31.5 Å². The van der Waals surface area contributed by atoms with Crippen LogP contribution in [0.25, 0.3) is 0 Å². The highest BCUT2D eigenvalue weighted by Gasteiger charge is 2.10. The molecular formula is C17H20N2O2. The van der Waals surface area contributed by atoms with Gasteiger partial charge in [-0.05, 0) is 29.7 Å². The minimum atomic E-state index is -0.187. The number of amides is 1. The Labute approximate surface area is 125 Å². The van der Waals surface area contributed by atoms with E-state index in [0.29, 0.717) is 18.2 Å². The molecule has 4 nitrogen and oxygen atoms in total. The molecule has 0 spiro atoms. The van der Waals surface area contributed by atoms with E-state index in [9.17, 15) is 4.79 Å². The summed E-state index contributed by atoms with van der Waals surface area (Å²) in [6.07, 6.45) is 1.61. The molecular weight excluding hydrogens is 264 g/mol. The van der Waals surface area contributed by atoms with Crippen molar-refractivity contribution in [1.29, 1.82) is 0 Å². The van der Waals surface area contributed by atoms with Gasteiger partial charge in [0.25, 0.3) is 5.91 Å². The summed E-state index contributed by atoms with van der Waals surface area (Å²) in [4.78, 5) is 16.1. The number of hydrogen-bond donors (Lipinski definition) is 1. The molecule has 4 heteroatoms. The number of rotatable bonds is 5. The van der Waals surface area contributed by atoms with Crippen LogP contribution < -0.4 is 10.1 Å². The quantitative estimate of drug-likeness (QED) is 0.917. The fourth-order valence-corrected chi connectivity index (χ4v) is 2.06. The summed E-state index contributed by atoms with van der Waals surface area (Å²) in [7, 11) is 1.63. The first-order valence-electron chi connectivity index (χ1n) is 6.98. The summed E-state index contributed by atoms with van der Waals surface area (Å²) in [5.74, 6) is 1.02. The number of carbonyl (C=O) groups excluding carboxylic acids is 1. The summed E-state index contributed by atoms with van der Waals surface area (Å²) in [6, 6.07) is 11.3. The molecule has 0 saturated carbocycles. The number of pyridine rings is 1. The van der Waals surface area contributed by atoms with Crippen LogP contribution in [0.5, 0.6) is 5.75 Å². The Morgan fingerprint density at radius 1 is 1.29 bits per heavy atom. The van der Waals surface area contributed by atoms with Crippen LogP contribution in [0.2, 0.25) is 0 Å². The van der Waals surface area contributed by atoms with Crippen LogP contribution >= 0.6 is 0 Å². The lowest BCUT2D eigenvalue weighted by Gasteiger charge is -2.13. The monoisotopic (exact) mass is 284 g/mol. The molecule has 0 bridgehead atoms. The van der Waals surface area contributed by atoms with Gasteiger partial charge in [0.1, 0.15) is 11.4 Å². The number of benzene rings is 1. The molecule has 0 saturated heterocycles. The summed E-state index contributed by atoms with van der Waals surface area (Å²) in [6.45, 7) is 4.69. The second-order valence-electron chi connectivity index (χ2n) is 5.12. The van der Waals surface area contributed by atoms with Gasteiger partial charge in [0, 0.05) is 18.3 Å². The fraction of sp³-hybridized carbons (Fsp3) is 0.294. The average molecular weight is 284 g/mol. The van der Waals surface area contributed by atoms with Crippen molar-refractivity contribution >= 4 is 5.91 Å². The van der Waals surface area contributed by atoms with Gasteiger partial charge in [0.15, 0.2) is 0 Å². The molecule has 0 fully saturated rings. The molecule has 0 aliphatic rings. The summed E-state index contributed by atoms with van der Waals surface area (Å²) < 4.78 is 5.35. The molecule has 0 aliphatic heterocycles. The zero-order valence-corrected chi connectivity index (χ0v) is 12.6. The van der Waals surface area contributed by atoms with Gasteiger partial charge >= 0.3 is 0 Å². The first kappa shape index (κ1) is 15.0. The molecule has 0 unspecified atom stereocenters. The third-order valence-corrected chi connectivity index (χ3v) is 3.31. The van der Waals surface area contributed by atoms with E-state index >= 15 is 0 Å². The molecule has 110 valence electrons. The Morgan fingerprint density at radius 3 is 2.71 bits per heavy atom. The lowest BCUT2D eigenvalue weighted by atomic mass is 10.00. The third kappa shape index (κ3) is 3.81. The minimum Gasteiger partial charge on any atom is -0.496 e. The van der Waals surface area contributed by atoms with Crippen LogP contribution in [0.3, 0.4) is 0 Å². The standard InChI is InChI=1S/C17H20N2O2/c1-12(2)13-7-8-16(21-3)14(10-13)11-19-17(20)15-6-4-5-9-18-15/h4-10,12H,11H2,1-3H3,(H,19,20). The molecule has 1 aromatic heterocycles. The van der Waals surface area contributed by atoms with Crippen LogP contribution in [-0.2, 0) is 6.54 Å². The van der Waals surface area contributed by atoms with Crippen molar-refractivity contribution in [2.24, 2.45) is 0 Å². The van der Waals surface area contributed by atoms with Gasteiger partial charge in [-0.2, -0.15) is 0 Å². The van der Waals surface area contributed by atoms with Crippen molar-refractivity contribution in [3.05, 3.63) is 59.4 Å². The average Bonchev–Trinajstić information content (AvgIpc) is 2.53. The molecule has 0 radical (unpaired) electrons. The molecule has 2 aromatic rings. The summed E-state index contributed by atoms with van der Waals surface area (Å²) in [5.41, 5.74) is 2.60. The lowest BCUT2D eigenvalue weighted by Crippen LogP contribution is -2.24. The number of carbonyl (C=O) groups is 1. The zero-order chi connectivity index (χ0) is 15.2. The Balaban J connectivity index is 2.12. The highest BCUT2D eigenvalue weighted by molar-refractivity contribution is 5.92. The number of hydrogen-bond acceptors (Lipinski definition) is 3. The number of nitrogens with zero attached hydrogens (tertiary/aromatic N) is 1. The van der Waals surface area contributed by atoms with E-state index in [4.69, 9.17) is 4.74 Å². The molecule has 1 aromatic carbocycles. The topological polar surface area (TPSA) is 51.2 Å². The van der Waals surface area contributed by atoms with E-state index in [1.807, 2.05) is 12.1 Å². The molecule has 1 N–H and O–H groups in total. The predicted octanol–water partition coefficient (Wildman–Crippen LogP) is 3.14. The van der Waals surface area contributed by atoms with Gasteiger partial charge in [-0.25, -0.2) is 0 Å². The van der Waals surface area contributed by atoms with Crippen LogP contribution in [0, 0.1) is 0 Å². The molecule has 0 aliphatic carbocycles. The van der Waals surface area contributed by atoms with Crippen molar-refractivity contribution in [1.82, 2.24) is 10.3 Å². The highest BCUT2D eigenvalue weighted by atomic mass is 16.5. The summed E-state index contributed by atoms with van der Waals surface area (Å²) in [5, 5.41) is 2.87. The van der Waals surface area contributed by atoms with Crippen LogP contribution in [0.15, 0.2) is 42.6 Å². The molecule has 1 heterocycles. The van der Waals surface area contributed by atoms with Crippen molar-refractivity contribution < 1.29 is 9.53 Å². The van der Waals surface area contributed by atoms with Gasteiger partial charge in [-0.3, -0.25) is 9.78 Å². The lowest BCUT2D eigenvalue weighted by molar-refractivity contribution is 0.0945. The largest absolute Gasteiger partial charge is 0.496 e. The minimum absolute atomic E-state index is 0.187. The normalized spacial score (nSPS) is 10.5. The van der Waals surface area contributed by atoms with Crippen LogP contribution in [0.1, 0.15) is 41.4 Å². The van der Waals surface area contributed by atoms with E-state index in [0.717, 1.165) is 11.3 Å². The maximum absolute atomic E-state index is 12.0. The first-order valence-corrected chi connectivity index (χ1v) is 6.98. The Hall–Kier alpha value is -2.36. The van der Waals surface area contributed by atoms with Gasteiger partial charge < -0.3 is 10.1 Å². The van der Waals surface area contributed by atoms with Crippen molar-refractivity contribution in [2.75, 3.05) is 7.11 Å². The van der Waals surface area contributed by atoms with Crippen LogP contribution in [-0.4, -0.2) is 18.0 Å². The van der Waals surface area contributed by atoms with Gasteiger partial charge in [-0.15, -0.1) is 0 Å². The zero-order valence-electron chi connectivity index (χ0n) is 12.6. The number of ether oxygens (including phenoxy) is 1. The number of nitrogens with one attached hydrogen (secondary N) is 1. The smallest absolute Gasteiger partial charge is 0.270 e. The Morgan fingerprint density at radius 2 is 2.10 bits per heavy atom. The third-order valence-electron chi connectivity index (χ3n) is 3.31. The van der Waals surface area contributed by atoms with Crippen molar-refractivity contribution in [2.45, 2.75) is 26.3 Å². The Kier molecular flexibility index (Phi) is 4.93. The van der Waals surface area contributed by atoms with Gasteiger partial charge in [0.2, 0.25) is 0 Å². The first-order chi connectivity index (χ1) is 10.1.